The second-order valence-corrected chi connectivity index (χ2v) is 7.28. The summed E-state index contributed by atoms with van der Waals surface area (Å²) in [4.78, 5) is 14.9. The summed E-state index contributed by atoms with van der Waals surface area (Å²) >= 11 is 0. The number of aliphatic hydroxyl groups is 1. The minimum absolute atomic E-state index is 0.00504. The van der Waals surface area contributed by atoms with E-state index < -0.39 is 11.9 Å². The van der Waals surface area contributed by atoms with Gasteiger partial charge in [0.2, 0.25) is 0 Å². The van der Waals surface area contributed by atoms with Gasteiger partial charge >= 0.3 is 0 Å². The number of hydrogen-bond acceptors (Lipinski definition) is 6. The minimum Gasteiger partial charge on any atom is -0.489 e. The van der Waals surface area contributed by atoms with Crippen molar-refractivity contribution in [3.05, 3.63) is 23.5 Å². The molecule has 2 aliphatic heterocycles. The van der Waals surface area contributed by atoms with E-state index in [4.69, 9.17) is 14.2 Å². The van der Waals surface area contributed by atoms with Crippen molar-refractivity contribution in [3.63, 3.8) is 0 Å². The highest BCUT2D eigenvalue weighted by molar-refractivity contribution is 5.97. The van der Waals surface area contributed by atoms with E-state index in [1.54, 1.807) is 7.11 Å². The molecule has 3 rings (SSSR count). The molecule has 2 heterocycles. The van der Waals surface area contributed by atoms with Crippen LogP contribution in [0.4, 0.5) is 4.39 Å². The van der Waals surface area contributed by atoms with Crippen LogP contribution in [0.5, 0.6) is 11.5 Å². The molecule has 1 unspecified atom stereocenters. The van der Waals surface area contributed by atoms with Gasteiger partial charge in [-0.3, -0.25) is 4.79 Å². The first-order chi connectivity index (χ1) is 13.6. The number of benzene rings is 1. The quantitative estimate of drug-likeness (QED) is 0.679. The largest absolute Gasteiger partial charge is 0.489 e. The van der Waals surface area contributed by atoms with E-state index in [2.05, 4.69) is 10.2 Å². The van der Waals surface area contributed by atoms with Crippen molar-refractivity contribution in [1.82, 2.24) is 10.2 Å². The Balaban J connectivity index is 1.55. The molecule has 0 bridgehead atoms. The van der Waals surface area contributed by atoms with Gasteiger partial charge in [-0.1, -0.05) is 0 Å². The maximum Gasteiger partial charge on any atom is 0.255 e. The number of nitrogens with zero attached hydrogens (tertiary/aromatic N) is 1. The van der Waals surface area contributed by atoms with Gasteiger partial charge in [-0.2, -0.15) is 0 Å². The molecule has 2 aliphatic rings. The molecule has 0 aromatic heterocycles. The Morgan fingerprint density at radius 1 is 1.36 bits per heavy atom. The third-order valence-electron chi connectivity index (χ3n) is 5.24. The zero-order valence-corrected chi connectivity index (χ0v) is 16.3. The molecule has 156 valence electrons. The van der Waals surface area contributed by atoms with E-state index in [1.165, 1.54) is 12.1 Å². The molecular formula is C20H29FN2O5. The number of amides is 1. The monoisotopic (exact) mass is 396 g/mol. The van der Waals surface area contributed by atoms with Crippen LogP contribution in [0.2, 0.25) is 0 Å². The predicted octanol–water partition coefficient (Wildman–Crippen LogP) is 1.44. The predicted molar refractivity (Wildman–Crippen MR) is 101 cm³/mol. The summed E-state index contributed by atoms with van der Waals surface area (Å²) in [5.74, 6) is -0.752. The molecule has 1 fully saturated rings. The lowest BCUT2D eigenvalue weighted by molar-refractivity contribution is 0.0192. The molecule has 1 aromatic rings. The number of piperidine rings is 1. The van der Waals surface area contributed by atoms with Gasteiger partial charge in [0.15, 0.2) is 17.3 Å². The van der Waals surface area contributed by atoms with E-state index in [0.717, 1.165) is 25.9 Å². The van der Waals surface area contributed by atoms with E-state index in [0.29, 0.717) is 39.3 Å². The van der Waals surface area contributed by atoms with Crippen LogP contribution in [0.25, 0.3) is 0 Å². The maximum absolute atomic E-state index is 14.0. The summed E-state index contributed by atoms with van der Waals surface area (Å²) in [5, 5.41) is 13.3. The van der Waals surface area contributed by atoms with E-state index in [1.807, 2.05) is 0 Å². The van der Waals surface area contributed by atoms with Crippen LogP contribution >= 0.6 is 0 Å². The highest BCUT2D eigenvalue weighted by Gasteiger charge is 2.29. The fourth-order valence-corrected chi connectivity index (χ4v) is 3.64. The van der Waals surface area contributed by atoms with Crippen LogP contribution in [0.3, 0.4) is 0 Å². The fourth-order valence-electron chi connectivity index (χ4n) is 3.64. The lowest BCUT2D eigenvalue weighted by atomic mass is 9.93. The zero-order valence-electron chi connectivity index (χ0n) is 16.3. The summed E-state index contributed by atoms with van der Waals surface area (Å²) in [6.45, 7) is 4.15. The number of carbonyl (C=O) groups excluding carboxylic acids is 1. The molecule has 0 radical (unpaired) electrons. The zero-order chi connectivity index (χ0) is 19.9. The van der Waals surface area contributed by atoms with Crippen LogP contribution in [0, 0.1) is 11.7 Å². The Hall–Kier alpha value is -1.90. The second kappa shape index (κ2) is 10.0. The number of fused-ring (bicyclic) bond motifs is 1. The van der Waals surface area contributed by atoms with Gasteiger partial charge in [0.25, 0.3) is 5.91 Å². The van der Waals surface area contributed by atoms with Crippen LogP contribution in [-0.4, -0.2) is 75.1 Å². The van der Waals surface area contributed by atoms with Gasteiger partial charge in [-0.05, 0) is 31.5 Å². The number of ether oxygens (including phenoxy) is 3. The van der Waals surface area contributed by atoms with Gasteiger partial charge < -0.3 is 29.5 Å². The number of methoxy groups -OCH3 is 1. The van der Waals surface area contributed by atoms with E-state index in [-0.39, 0.29) is 28.9 Å². The lowest BCUT2D eigenvalue weighted by Gasteiger charge is -2.36. The molecule has 0 aliphatic carbocycles. The molecule has 1 aromatic carbocycles. The summed E-state index contributed by atoms with van der Waals surface area (Å²) in [6.07, 6.45) is 1.86. The summed E-state index contributed by atoms with van der Waals surface area (Å²) < 4.78 is 30.0. The number of nitrogens with one attached hydrogen (secondary N) is 1. The van der Waals surface area contributed by atoms with Crippen molar-refractivity contribution >= 4 is 5.91 Å². The van der Waals surface area contributed by atoms with Crippen molar-refractivity contribution in [3.8, 4) is 11.5 Å². The number of carbonyl (C=O) groups is 1. The molecule has 7 nitrogen and oxygen atoms in total. The molecule has 28 heavy (non-hydrogen) atoms. The number of hydrogen-bond donors (Lipinski definition) is 2. The lowest BCUT2D eigenvalue weighted by Crippen LogP contribution is -2.48. The van der Waals surface area contributed by atoms with Crippen LogP contribution in [-0.2, 0) is 4.74 Å². The number of aliphatic hydroxyl groups excluding tert-OH is 1. The molecule has 1 saturated heterocycles. The molecule has 1 amide bonds. The number of rotatable bonds is 7. The first-order valence-corrected chi connectivity index (χ1v) is 9.85. The third-order valence-corrected chi connectivity index (χ3v) is 5.24. The smallest absolute Gasteiger partial charge is 0.255 e. The minimum atomic E-state index is -0.537. The van der Waals surface area contributed by atoms with Gasteiger partial charge in [0, 0.05) is 45.7 Å². The molecule has 0 saturated carbocycles. The van der Waals surface area contributed by atoms with Crippen molar-refractivity contribution < 1.29 is 28.5 Å². The van der Waals surface area contributed by atoms with Crippen LogP contribution in [0.1, 0.15) is 29.6 Å². The Labute approximate surface area is 164 Å². The Bertz CT molecular complexity index is 672. The second-order valence-electron chi connectivity index (χ2n) is 7.28. The average Bonchev–Trinajstić information content (AvgIpc) is 2.94. The number of halogens is 1. The maximum atomic E-state index is 14.0. The number of β-amino-alcohol motifs (C(OH)–C–C–N with tert-alkyl or cyclic N) is 1. The highest BCUT2D eigenvalue weighted by Crippen LogP contribution is 2.36. The van der Waals surface area contributed by atoms with Gasteiger partial charge in [-0.25, -0.2) is 4.39 Å². The fraction of sp³-hybridized carbons (Fsp3) is 0.650. The highest BCUT2D eigenvalue weighted by atomic mass is 19.1. The average molecular weight is 396 g/mol. The standard InChI is InChI=1S/C20H29FN2O5/c1-26-9-2-7-23-8-6-14(17(24)13-23)12-22-20(25)15-4-5-16(21)19-18(15)27-10-3-11-28-19/h4-5,14,17,24H,2-3,6-13H2,1H3,(H,22,25)/t14-,17?/m0/s1. The van der Waals surface area contributed by atoms with Crippen LogP contribution in [0.15, 0.2) is 12.1 Å². The van der Waals surface area contributed by atoms with Crippen molar-refractivity contribution in [2.75, 3.05) is 53.1 Å². The molecule has 8 heteroatoms. The van der Waals surface area contributed by atoms with Crippen molar-refractivity contribution in [1.29, 1.82) is 0 Å². The van der Waals surface area contributed by atoms with Crippen molar-refractivity contribution in [2.24, 2.45) is 5.92 Å². The molecular weight excluding hydrogens is 367 g/mol. The Kier molecular flexibility index (Phi) is 7.47. The summed E-state index contributed by atoms with van der Waals surface area (Å²) in [7, 11) is 1.68. The van der Waals surface area contributed by atoms with Gasteiger partial charge in [0.1, 0.15) is 0 Å². The Morgan fingerprint density at radius 3 is 2.89 bits per heavy atom. The SMILES string of the molecule is COCCCN1CC[C@@H](CNC(=O)c2ccc(F)c3c2OCCCO3)C(O)C1. The molecule has 2 atom stereocenters. The van der Waals surface area contributed by atoms with E-state index in [9.17, 15) is 14.3 Å². The van der Waals surface area contributed by atoms with Crippen molar-refractivity contribution in [2.45, 2.75) is 25.4 Å². The third kappa shape index (κ3) is 5.12. The first-order valence-electron chi connectivity index (χ1n) is 9.85. The summed E-state index contributed by atoms with van der Waals surface area (Å²) in [5.41, 5.74) is 0.254. The first kappa shape index (κ1) is 20.8. The topological polar surface area (TPSA) is 80.3 Å². The normalized spacial score (nSPS) is 22.5. The molecule has 2 N–H and O–H groups in total. The van der Waals surface area contributed by atoms with E-state index >= 15 is 0 Å². The summed E-state index contributed by atoms with van der Waals surface area (Å²) in [6, 6.07) is 2.63. The number of likely N-dealkylation sites (tertiary alicyclic amines) is 1. The van der Waals surface area contributed by atoms with Gasteiger partial charge in [-0.15, -0.1) is 0 Å². The van der Waals surface area contributed by atoms with Gasteiger partial charge in [0.05, 0.1) is 24.9 Å². The van der Waals surface area contributed by atoms with Crippen LogP contribution < -0.4 is 14.8 Å². The molecule has 0 spiro atoms. The Morgan fingerprint density at radius 2 is 2.14 bits per heavy atom.